The van der Waals surface area contributed by atoms with Crippen molar-refractivity contribution >= 4 is 34.8 Å². The number of rotatable bonds is 8. The lowest BCUT2D eigenvalue weighted by Crippen LogP contribution is -2.34. The first kappa shape index (κ1) is 22.5. The Morgan fingerprint density at radius 2 is 1.55 bits per heavy atom. The fourth-order valence-electron chi connectivity index (χ4n) is 2.58. The fourth-order valence-corrected chi connectivity index (χ4v) is 2.79. The van der Waals surface area contributed by atoms with Gasteiger partial charge in [-0.2, -0.15) is 0 Å². The van der Waals surface area contributed by atoms with E-state index in [1.165, 1.54) is 5.56 Å². The van der Waals surface area contributed by atoms with Crippen LogP contribution in [0.4, 0.5) is 5.69 Å². The Bertz CT molecular complexity index is 833. The molecule has 0 unspecified atom stereocenters. The van der Waals surface area contributed by atoms with E-state index in [4.69, 9.17) is 17.0 Å². The van der Waals surface area contributed by atoms with Gasteiger partial charge in [-0.05, 0) is 66.5 Å². The number of hydrogen-bond acceptors (Lipinski definition) is 4. The van der Waals surface area contributed by atoms with Crippen LogP contribution < -0.4 is 16.0 Å². The molecule has 0 radical (unpaired) electrons. The average molecular weight is 414 g/mol. The van der Waals surface area contributed by atoms with Crippen molar-refractivity contribution in [1.82, 2.24) is 10.6 Å². The topological polar surface area (TPSA) is 79.5 Å². The van der Waals surface area contributed by atoms with Crippen molar-refractivity contribution in [2.75, 3.05) is 25.6 Å². The summed E-state index contributed by atoms with van der Waals surface area (Å²) in [7, 11) is 1.63. The largest absolute Gasteiger partial charge is 0.385 e. The Labute approximate surface area is 177 Å². The third-order valence-corrected chi connectivity index (χ3v) is 4.49. The van der Waals surface area contributed by atoms with Crippen LogP contribution >= 0.6 is 12.2 Å². The van der Waals surface area contributed by atoms with Gasteiger partial charge in [0, 0.05) is 37.1 Å². The van der Waals surface area contributed by atoms with Crippen LogP contribution in [0.3, 0.4) is 0 Å². The van der Waals surface area contributed by atoms with Crippen LogP contribution in [0.25, 0.3) is 0 Å². The van der Waals surface area contributed by atoms with Crippen LogP contribution in [0, 0.1) is 0 Å². The molecule has 2 rings (SSSR count). The van der Waals surface area contributed by atoms with E-state index in [1.807, 2.05) is 12.1 Å². The molecule has 0 aliphatic carbocycles. The summed E-state index contributed by atoms with van der Waals surface area (Å²) in [5.41, 5.74) is 2.94. The van der Waals surface area contributed by atoms with Gasteiger partial charge in [-0.25, -0.2) is 0 Å². The summed E-state index contributed by atoms with van der Waals surface area (Å²) in [6.45, 7) is 5.37. The van der Waals surface area contributed by atoms with Crippen LogP contribution in [0.15, 0.2) is 48.5 Å². The minimum Gasteiger partial charge on any atom is -0.385 e. The van der Waals surface area contributed by atoms with Crippen molar-refractivity contribution in [3.8, 4) is 0 Å². The van der Waals surface area contributed by atoms with Crippen molar-refractivity contribution in [3.05, 3.63) is 65.2 Å². The molecule has 29 heavy (non-hydrogen) atoms. The predicted molar refractivity (Wildman–Crippen MR) is 119 cm³/mol. The van der Waals surface area contributed by atoms with E-state index >= 15 is 0 Å². The number of ether oxygens (including phenoxy) is 1. The zero-order valence-corrected chi connectivity index (χ0v) is 17.8. The number of methoxy groups -OCH3 is 1. The first-order valence-electron chi connectivity index (χ1n) is 9.50. The lowest BCUT2D eigenvalue weighted by Gasteiger charge is -2.11. The number of benzene rings is 2. The lowest BCUT2D eigenvalue weighted by molar-refractivity contribution is 0.0946. The summed E-state index contributed by atoms with van der Waals surface area (Å²) < 4.78 is 4.95. The third-order valence-electron chi connectivity index (χ3n) is 4.28. The number of thiocarbonyl (C=S) groups is 1. The molecule has 154 valence electrons. The van der Waals surface area contributed by atoms with Gasteiger partial charge in [-0.1, -0.05) is 26.0 Å². The predicted octanol–water partition coefficient (Wildman–Crippen LogP) is 3.70. The van der Waals surface area contributed by atoms with Gasteiger partial charge in [0.05, 0.1) is 0 Å². The molecule has 0 saturated heterocycles. The van der Waals surface area contributed by atoms with Gasteiger partial charge in [0.1, 0.15) is 0 Å². The zero-order valence-electron chi connectivity index (χ0n) is 17.0. The quantitative estimate of drug-likeness (QED) is 0.454. The maximum atomic E-state index is 12.3. The van der Waals surface area contributed by atoms with Crippen LogP contribution in [0.2, 0.25) is 0 Å². The monoisotopic (exact) mass is 413 g/mol. The molecule has 0 spiro atoms. The van der Waals surface area contributed by atoms with Crippen molar-refractivity contribution in [1.29, 1.82) is 0 Å². The van der Waals surface area contributed by atoms with E-state index in [-0.39, 0.29) is 16.9 Å². The first-order valence-corrected chi connectivity index (χ1v) is 9.91. The van der Waals surface area contributed by atoms with E-state index in [2.05, 4.69) is 29.8 Å². The van der Waals surface area contributed by atoms with E-state index in [0.29, 0.717) is 35.9 Å². The maximum absolute atomic E-state index is 12.3. The normalized spacial score (nSPS) is 10.5. The Kier molecular flexibility index (Phi) is 8.76. The van der Waals surface area contributed by atoms with Crippen LogP contribution in [-0.2, 0) is 4.74 Å². The fraction of sp³-hybridized carbons (Fsp3) is 0.318. The Morgan fingerprint density at radius 3 is 2.14 bits per heavy atom. The van der Waals surface area contributed by atoms with Gasteiger partial charge < -0.3 is 15.4 Å². The molecule has 0 bridgehead atoms. The molecule has 6 nitrogen and oxygen atoms in total. The number of anilines is 1. The van der Waals surface area contributed by atoms with Gasteiger partial charge >= 0.3 is 0 Å². The number of nitrogens with one attached hydrogen (secondary N) is 3. The molecular formula is C22H27N3O3S. The standard InChI is InChI=1S/C22H27N3O3S/c1-15(2)16-5-7-18(8-6-16)21(27)25-22(29)24-19-11-9-17(10-12-19)20(26)23-13-4-14-28-3/h5-12,15H,4,13-14H2,1-3H3,(H,23,26)(H2,24,25,27,29). The Balaban J connectivity index is 1.85. The number of carbonyl (C=O) groups excluding carboxylic acids is 2. The maximum Gasteiger partial charge on any atom is 0.257 e. The number of amides is 2. The van der Waals surface area contributed by atoms with E-state index in [1.54, 1.807) is 43.5 Å². The molecule has 0 saturated carbocycles. The van der Waals surface area contributed by atoms with Crippen LogP contribution in [0.5, 0.6) is 0 Å². The zero-order chi connectivity index (χ0) is 21.2. The van der Waals surface area contributed by atoms with E-state index in [9.17, 15) is 9.59 Å². The summed E-state index contributed by atoms with van der Waals surface area (Å²) >= 11 is 5.21. The molecule has 2 aromatic carbocycles. The number of carbonyl (C=O) groups is 2. The Morgan fingerprint density at radius 1 is 0.966 bits per heavy atom. The molecule has 2 amide bonds. The average Bonchev–Trinajstić information content (AvgIpc) is 2.71. The first-order chi connectivity index (χ1) is 13.9. The van der Waals surface area contributed by atoms with Crippen LogP contribution in [0.1, 0.15) is 52.5 Å². The Hall–Kier alpha value is -2.77. The minimum absolute atomic E-state index is 0.145. The second-order valence-corrected chi connectivity index (χ2v) is 7.27. The summed E-state index contributed by atoms with van der Waals surface area (Å²) in [5, 5.41) is 8.63. The second-order valence-electron chi connectivity index (χ2n) is 6.86. The molecule has 0 fully saturated rings. The molecule has 3 N–H and O–H groups in total. The van der Waals surface area contributed by atoms with Gasteiger partial charge in [0.2, 0.25) is 0 Å². The minimum atomic E-state index is -0.273. The van der Waals surface area contributed by atoms with Crippen molar-refractivity contribution < 1.29 is 14.3 Å². The van der Waals surface area contributed by atoms with E-state index < -0.39 is 0 Å². The molecular weight excluding hydrogens is 386 g/mol. The van der Waals surface area contributed by atoms with Gasteiger partial charge in [-0.3, -0.25) is 14.9 Å². The summed E-state index contributed by atoms with van der Waals surface area (Å²) in [5.74, 6) is -0.0106. The summed E-state index contributed by atoms with van der Waals surface area (Å²) in [4.78, 5) is 24.4. The highest BCUT2D eigenvalue weighted by molar-refractivity contribution is 7.80. The lowest BCUT2D eigenvalue weighted by atomic mass is 10.0. The molecule has 0 aliphatic rings. The van der Waals surface area contributed by atoms with Crippen LogP contribution in [-0.4, -0.2) is 37.2 Å². The molecule has 0 heterocycles. The third kappa shape index (κ3) is 7.29. The molecule has 0 aromatic heterocycles. The van der Waals surface area contributed by atoms with Crippen molar-refractivity contribution in [3.63, 3.8) is 0 Å². The highest BCUT2D eigenvalue weighted by atomic mass is 32.1. The summed E-state index contributed by atoms with van der Waals surface area (Å²) in [6, 6.07) is 14.3. The highest BCUT2D eigenvalue weighted by Crippen LogP contribution is 2.15. The SMILES string of the molecule is COCCCNC(=O)c1ccc(NC(=S)NC(=O)c2ccc(C(C)C)cc2)cc1. The van der Waals surface area contributed by atoms with E-state index in [0.717, 1.165) is 6.42 Å². The molecule has 0 aliphatic heterocycles. The second kappa shape index (κ2) is 11.3. The van der Waals surface area contributed by atoms with Crippen molar-refractivity contribution in [2.24, 2.45) is 0 Å². The smallest absolute Gasteiger partial charge is 0.257 e. The van der Waals surface area contributed by atoms with Gasteiger partial charge in [0.25, 0.3) is 11.8 Å². The molecule has 0 atom stereocenters. The van der Waals surface area contributed by atoms with Gasteiger partial charge in [0.15, 0.2) is 5.11 Å². The summed E-state index contributed by atoms with van der Waals surface area (Å²) in [6.07, 6.45) is 0.760. The van der Waals surface area contributed by atoms with Gasteiger partial charge in [-0.15, -0.1) is 0 Å². The molecule has 7 heteroatoms. The molecule has 2 aromatic rings. The van der Waals surface area contributed by atoms with Crippen molar-refractivity contribution in [2.45, 2.75) is 26.2 Å². The highest BCUT2D eigenvalue weighted by Gasteiger charge is 2.10. The number of hydrogen-bond donors (Lipinski definition) is 3.